The monoisotopic (exact) mass is 275 g/mol. The van der Waals surface area contributed by atoms with Gasteiger partial charge in [0, 0.05) is 25.0 Å². The molecule has 0 radical (unpaired) electrons. The van der Waals surface area contributed by atoms with E-state index in [-0.39, 0.29) is 5.56 Å². The van der Waals surface area contributed by atoms with E-state index in [0.717, 1.165) is 24.4 Å². The van der Waals surface area contributed by atoms with Crippen molar-refractivity contribution in [1.82, 2.24) is 14.3 Å². The van der Waals surface area contributed by atoms with Gasteiger partial charge in [-0.05, 0) is 19.4 Å². The minimum Gasteiger partial charge on any atom is -0.477 e. The molecule has 0 aliphatic rings. The molecule has 0 aliphatic carbocycles. The van der Waals surface area contributed by atoms with E-state index in [1.807, 2.05) is 24.6 Å². The van der Waals surface area contributed by atoms with Crippen LogP contribution in [0.2, 0.25) is 0 Å². The predicted octanol–water partition coefficient (Wildman–Crippen LogP) is 1.37. The third-order valence-corrected chi connectivity index (χ3v) is 3.13. The normalized spacial score (nSPS) is 10.7. The zero-order valence-corrected chi connectivity index (χ0v) is 11.5. The van der Waals surface area contributed by atoms with Gasteiger partial charge in [-0.2, -0.15) is 5.10 Å². The molecular weight excluding hydrogens is 258 g/mol. The number of aromatic nitrogens is 3. The smallest absolute Gasteiger partial charge is 0.341 e. The minimum absolute atomic E-state index is 0.217. The molecule has 0 spiro atoms. The Balaban J connectivity index is 2.35. The van der Waals surface area contributed by atoms with Gasteiger partial charge in [-0.3, -0.25) is 9.48 Å². The summed E-state index contributed by atoms with van der Waals surface area (Å²) in [6.07, 6.45) is 3.81. The molecule has 0 fully saturated rings. The van der Waals surface area contributed by atoms with E-state index < -0.39 is 11.4 Å². The molecule has 0 unspecified atom stereocenters. The first kappa shape index (κ1) is 14.0. The number of rotatable bonds is 5. The molecule has 6 heteroatoms. The zero-order chi connectivity index (χ0) is 14.7. The van der Waals surface area contributed by atoms with Gasteiger partial charge in [0.05, 0.1) is 17.9 Å². The van der Waals surface area contributed by atoms with Crippen LogP contribution >= 0.6 is 0 Å². The van der Waals surface area contributed by atoms with Crippen molar-refractivity contribution in [2.45, 2.75) is 33.4 Å². The Kier molecular flexibility index (Phi) is 4.02. The largest absolute Gasteiger partial charge is 0.477 e. The summed E-state index contributed by atoms with van der Waals surface area (Å²) in [5.74, 6) is -1.21. The molecule has 0 amide bonds. The topological polar surface area (TPSA) is 77.1 Å². The maximum absolute atomic E-state index is 11.4. The summed E-state index contributed by atoms with van der Waals surface area (Å²) in [5.41, 5.74) is 1.29. The van der Waals surface area contributed by atoms with Gasteiger partial charge in [0.1, 0.15) is 5.56 Å². The second-order valence-corrected chi connectivity index (χ2v) is 4.50. The number of carboxylic acids is 1. The van der Waals surface area contributed by atoms with Crippen molar-refractivity contribution in [1.29, 1.82) is 0 Å². The van der Waals surface area contributed by atoms with Gasteiger partial charge >= 0.3 is 5.97 Å². The summed E-state index contributed by atoms with van der Waals surface area (Å²) in [6.45, 7) is 5.28. The zero-order valence-electron chi connectivity index (χ0n) is 11.5. The fourth-order valence-electron chi connectivity index (χ4n) is 2.06. The highest BCUT2D eigenvalue weighted by Gasteiger charge is 2.10. The molecule has 0 bridgehead atoms. The molecule has 0 atom stereocenters. The molecule has 2 rings (SSSR count). The number of nitrogens with zero attached hydrogens (tertiary/aromatic N) is 3. The highest BCUT2D eigenvalue weighted by atomic mass is 16.4. The van der Waals surface area contributed by atoms with E-state index in [1.54, 1.807) is 10.8 Å². The Morgan fingerprint density at radius 2 is 2.15 bits per heavy atom. The number of aryl methyl sites for hydroxylation is 2. The summed E-state index contributed by atoms with van der Waals surface area (Å²) < 4.78 is 3.57. The maximum Gasteiger partial charge on any atom is 0.341 e. The quantitative estimate of drug-likeness (QED) is 0.894. The molecule has 2 heterocycles. The van der Waals surface area contributed by atoms with Crippen molar-refractivity contribution < 1.29 is 9.90 Å². The van der Waals surface area contributed by atoms with Gasteiger partial charge in [0.2, 0.25) is 0 Å². The maximum atomic E-state index is 11.4. The van der Waals surface area contributed by atoms with Crippen LogP contribution in [0.25, 0.3) is 0 Å². The molecule has 0 saturated carbocycles. The molecule has 0 aliphatic heterocycles. The van der Waals surface area contributed by atoms with Crippen LogP contribution in [0.3, 0.4) is 0 Å². The summed E-state index contributed by atoms with van der Waals surface area (Å²) in [7, 11) is 0. The Bertz CT molecular complexity index is 685. The first-order chi connectivity index (χ1) is 9.55. The van der Waals surface area contributed by atoms with Gasteiger partial charge in [-0.25, -0.2) is 4.79 Å². The van der Waals surface area contributed by atoms with Gasteiger partial charge < -0.3 is 9.67 Å². The molecule has 0 saturated heterocycles. The van der Waals surface area contributed by atoms with Crippen LogP contribution in [-0.4, -0.2) is 25.4 Å². The van der Waals surface area contributed by atoms with Crippen molar-refractivity contribution in [3.05, 3.63) is 51.7 Å². The van der Waals surface area contributed by atoms with Crippen LogP contribution < -0.4 is 5.43 Å². The second-order valence-electron chi connectivity index (χ2n) is 4.50. The number of carboxylic acid groups (broad SMARTS) is 1. The van der Waals surface area contributed by atoms with Crippen LogP contribution in [0.5, 0.6) is 0 Å². The van der Waals surface area contributed by atoms with E-state index in [4.69, 9.17) is 5.11 Å². The Labute approximate surface area is 116 Å². The van der Waals surface area contributed by atoms with Crippen molar-refractivity contribution in [3.8, 4) is 0 Å². The van der Waals surface area contributed by atoms with Gasteiger partial charge in [-0.1, -0.05) is 6.92 Å². The molecule has 2 aromatic heterocycles. The lowest BCUT2D eigenvalue weighted by Gasteiger charge is -2.08. The second kappa shape index (κ2) is 5.73. The minimum atomic E-state index is -1.21. The first-order valence-electron chi connectivity index (χ1n) is 6.54. The highest BCUT2D eigenvalue weighted by molar-refractivity contribution is 5.86. The third-order valence-electron chi connectivity index (χ3n) is 3.13. The van der Waals surface area contributed by atoms with Crippen molar-refractivity contribution in [2.24, 2.45) is 0 Å². The molecular formula is C14H17N3O3. The molecule has 20 heavy (non-hydrogen) atoms. The fourth-order valence-corrected chi connectivity index (χ4v) is 2.06. The first-order valence-corrected chi connectivity index (χ1v) is 6.54. The Morgan fingerprint density at radius 1 is 1.40 bits per heavy atom. The SMILES string of the molecule is CCc1cc(Cn2ccc(=O)c(C(=O)O)c2)n(CC)n1. The molecule has 106 valence electrons. The Morgan fingerprint density at radius 3 is 2.75 bits per heavy atom. The molecule has 2 aromatic rings. The van der Waals surface area contributed by atoms with Crippen molar-refractivity contribution in [2.75, 3.05) is 0 Å². The van der Waals surface area contributed by atoms with Crippen LogP contribution in [0.4, 0.5) is 0 Å². The number of hydrogen-bond acceptors (Lipinski definition) is 3. The van der Waals surface area contributed by atoms with Gasteiger partial charge in [-0.15, -0.1) is 0 Å². The lowest BCUT2D eigenvalue weighted by molar-refractivity contribution is 0.0694. The van der Waals surface area contributed by atoms with Crippen LogP contribution in [0, 0.1) is 0 Å². The number of carbonyl (C=O) groups is 1. The number of pyridine rings is 1. The standard InChI is InChI=1S/C14H17N3O3/c1-3-10-7-11(17(4-2)15-10)8-16-6-5-13(18)12(9-16)14(19)20/h5-7,9H,3-4,8H2,1-2H3,(H,19,20). The molecule has 6 nitrogen and oxygen atoms in total. The van der Waals surface area contributed by atoms with E-state index in [9.17, 15) is 9.59 Å². The van der Waals surface area contributed by atoms with Crippen LogP contribution in [0.1, 0.15) is 35.6 Å². The lowest BCUT2D eigenvalue weighted by atomic mass is 10.2. The molecule has 0 aromatic carbocycles. The fraction of sp³-hybridized carbons (Fsp3) is 0.357. The van der Waals surface area contributed by atoms with E-state index >= 15 is 0 Å². The van der Waals surface area contributed by atoms with Crippen LogP contribution in [0.15, 0.2) is 29.3 Å². The third kappa shape index (κ3) is 2.79. The van der Waals surface area contributed by atoms with Gasteiger partial charge in [0.25, 0.3) is 0 Å². The average Bonchev–Trinajstić information content (AvgIpc) is 2.83. The number of hydrogen-bond donors (Lipinski definition) is 1. The Hall–Kier alpha value is -2.37. The van der Waals surface area contributed by atoms with Crippen molar-refractivity contribution in [3.63, 3.8) is 0 Å². The van der Waals surface area contributed by atoms with Gasteiger partial charge in [0.15, 0.2) is 5.43 Å². The van der Waals surface area contributed by atoms with Crippen LogP contribution in [-0.2, 0) is 19.5 Å². The summed E-state index contributed by atoms with van der Waals surface area (Å²) in [4.78, 5) is 22.4. The predicted molar refractivity (Wildman–Crippen MR) is 74.0 cm³/mol. The van der Waals surface area contributed by atoms with E-state index in [1.165, 1.54) is 12.3 Å². The summed E-state index contributed by atoms with van der Waals surface area (Å²) in [6, 6.07) is 3.28. The van der Waals surface area contributed by atoms with E-state index in [0.29, 0.717) is 6.54 Å². The molecule has 1 N–H and O–H groups in total. The summed E-state index contributed by atoms with van der Waals surface area (Å²) >= 11 is 0. The summed E-state index contributed by atoms with van der Waals surface area (Å²) in [5, 5.41) is 13.4. The number of aromatic carboxylic acids is 1. The average molecular weight is 275 g/mol. The lowest BCUT2D eigenvalue weighted by Crippen LogP contribution is -2.17. The van der Waals surface area contributed by atoms with E-state index in [2.05, 4.69) is 5.10 Å². The highest BCUT2D eigenvalue weighted by Crippen LogP contribution is 2.08. The van der Waals surface area contributed by atoms with Crippen molar-refractivity contribution >= 4 is 5.97 Å².